The molecule has 2 aromatic heterocycles. The molecule has 2 aliphatic heterocycles. The fourth-order valence-electron chi connectivity index (χ4n) is 5.26. The number of carbonyl (C=O) groups excluding carboxylic acids is 1. The molecule has 6 nitrogen and oxygen atoms in total. The minimum Gasteiger partial charge on any atom is -0.493 e. The van der Waals surface area contributed by atoms with Crippen LogP contribution < -0.4 is 4.74 Å². The molecule has 1 amide bonds. The number of alkyl halides is 3. The van der Waals surface area contributed by atoms with E-state index >= 15 is 0 Å². The standard InChI is InChI=1S/C24H23F3N4O2/c1-2-33-19-8-5-14-4-3-9-28-22(14)21(19)23(32)31-17-6-7-18(31)15(11-17)10-16-12-30-20(13-29-16)24(25,26)27/h3-5,8-9,12-13,15,17-18H,2,6-7,10-11H2,1H3. The van der Waals surface area contributed by atoms with E-state index in [4.69, 9.17) is 4.74 Å². The lowest BCUT2D eigenvalue weighted by Crippen LogP contribution is -2.37. The molecule has 4 heterocycles. The molecule has 3 atom stereocenters. The summed E-state index contributed by atoms with van der Waals surface area (Å²) in [6.45, 7) is 2.30. The number of aromatic nitrogens is 3. The second-order valence-corrected chi connectivity index (χ2v) is 8.55. The zero-order valence-corrected chi connectivity index (χ0v) is 18.0. The number of hydrogen-bond donors (Lipinski definition) is 0. The van der Waals surface area contributed by atoms with E-state index in [0.29, 0.717) is 35.6 Å². The fourth-order valence-corrected chi connectivity index (χ4v) is 5.26. The molecule has 0 aliphatic carbocycles. The van der Waals surface area contributed by atoms with Crippen molar-refractivity contribution in [3.63, 3.8) is 0 Å². The van der Waals surface area contributed by atoms with Gasteiger partial charge in [-0.2, -0.15) is 13.2 Å². The molecule has 0 N–H and O–H groups in total. The third-order valence-corrected chi connectivity index (χ3v) is 6.62. The Bertz CT molecular complexity index is 1180. The average molecular weight is 456 g/mol. The van der Waals surface area contributed by atoms with Gasteiger partial charge in [-0.1, -0.05) is 6.07 Å². The van der Waals surface area contributed by atoms with E-state index in [1.54, 1.807) is 6.20 Å². The molecular formula is C24H23F3N4O2. The third-order valence-electron chi connectivity index (χ3n) is 6.62. The van der Waals surface area contributed by atoms with Crippen LogP contribution in [-0.4, -0.2) is 44.4 Å². The van der Waals surface area contributed by atoms with E-state index in [-0.39, 0.29) is 23.9 Å². The van der Waals surface area contributed by atoms with Crippen LogP contribution in [0.5, 0.6) is 5.75 Å². The predicted octanol–water partition coefficient (Wildman–Crippen LogP) is 4.68. The lowest BCUT2D eigenvalue weighted by atomic mass is 9.86. The number of benzene rings is 1. The minimum absolute atomic E-state index is 0.0000348. The fraction of sp³-hybridized carbons (Fsp3) is 0.417. The second-order valence-electron chi connectivity index (χ2n) is 8.55. The molecule has 9 heteroatoms. The summed E-state index contributed by atoms with van der Waals surface area (Å²) in [6.07, 6.45) is 2.18. The molecule has 33 heavy (non-hydrogen) atoms. The molecule has 0 radical (unpaired) electrons. The average Bonchev–Trinajstić information content (AvgIpc) is 3.36. The Hall–Kier alpha value is -3.23. The Morgan fingerprint density at radius 1 is 1.15 bits per heavy atom. The summed E-state index contributed by atoms with van der Waals surface area (Å²) in [6, 6.07) is 7.54. The van der Waals surface area contributed by atoms with Crippen LogP contribution in [0, 0.1) is 5.92 Å². The number of nitrogens with zero attached hydrogens (tertiary/aromatic N) is 4. The van der Waals surface area contributed by atoms with Crippen molar-refractivity contribution in [2.75, 3.05) is 6.61 Å². The van der Waals surface area contributed by atoms with Crippen molar-refractivity contribution in [3.8, 4) is 5.75 Å². The van der Waals surface area contributed by atoms with Gasteiger partial charge >= 0.3 is 6.18 Å². The zero-order valence-electron chi connectivity index (χ0n) is 18.0. The van der Waals surface area contributed by atoms with E-state index in [0.717, 1.165) is 30.8 Å². The lowest BCUT2D eigenvalue weighted by Gasteiger charge is -2.26. The maximum atomic E-state index is 13.8. The number of hydrogen-bond acceptors (Lipinski definition) is 5. The van der Waals surface area contributed by atoms with E-state index in [1.165, 1.54) is 6.20 Å². The van der Waals surface area contributed by atoms with Gasteiger partial charge in [-0.15, -0.1) is 0 Å². The first-order valence-electron chi connectivity index (χ1n) is 11.1. The Morgan fingerprint density at radius 3 is 2.73 bits per heavy atom. The first-order valence-corrected chi connectivity index (χ1v) is 11.1. The summed E-state index contributed by atoms with van der Waals surface area (Å²) >= 11 is 0. The van der Waals surface area contributed by atoms with Crippen molar-refractivity contribution in [2.45, 2.75) is 50.9 Å². The first kappa shape index (κ1) is 21.6. The molecule has 2 aliphatic rings. The van der Waals surface area contributed by atoms with Gasteiger partial charge < -0.3 is 9.64 Å². The minimum atomic E-state index is -4.51. The molecular weight excluding hydrogens is 433 g/mol. The molecule has 172 valence electrons. The molecule has 1 aromatic carbocycles. The topological polar surface area (TPSA) is 68.2 Å². The molecule has 3 aromatic rings. The van der Waals surface area contributed by atoms with Gasteiger partial charge in [0.2, 0.25) is 0 Å². The van der Waals surface area contributed by atoms with Crippen molar-refractivity contribution in [3.05, 3.63) is 59.8 Å². The zero-order chi connectivity index (χ0) is 23.2. The van der Waals surface area contributed by atoms with Crippen LogP contribution in [0.3, 0.4) is 0 Å². The van der Waals surface area contributed by atoms with Gasteiger partial charge in [0, 0.05) is 29.9 Å². The number of ether oxygens (including phenoxy) is 1. The third kappa shape index (κ3) is 3.89. The molecule has 2 bridgehead atoms. The molecule has 2 fully saturated rings. The van der Waals surface area contributed by atoms with Crippen molar-refractivity contribution in [1.82, 2.24) is 19.9 Å². The number of amides is 1. The highest BCUT2D eigenvalue weighted by Gasteiger charge is 2.49. The number of halogens is 3. The molecule has 0 saturated carbocycles. The normalized spacial score (nSPS) is 22.2. The summed E-state index contributed by atoms with van der Waals surface area (Å²) in [7, 11) is 0. The molecule has 3 unspecified atom stereocenters. The van der Waals surface area contributed by atoms with Crippen LogP contribution in [0.4, 0.5) is 13.2 Å². The number of fused-ring (bicyclic) bond motifs is 3. The van der Waals surface area contributed by atoms with E-state index in [9.17, 15) is 18.0 Å². The van der Waals surface area contributed by atoms with Crippen molar-refractivity contribution in [2.24, 2.45) is 5.92 Å². The SMILES string of the molecule is CCOc1ccc2cccnc2c1C(=O)N1C2CCC1C(Cc1cnc(C(F)(F)F)cn1)C2. The summed E-state index contributed by atoms with van der Waals surface area (Å²) in [5.74, 6) is 0.540. The summed E-state index contributed by atoms with van der Waals surface area (Å²) in [5, 5.41) is 0.868. The van der Waals surface area contributed by atoms with Gasteiger partial charge in [0.1, 0.15) is 11.3 Å². The predicted molar refractivity (Wildman–Crippen MR) is 115 cm³/mol. The van der Waals surface area contributed by atoms with Crippen LogP contribution in [0.2, 0.25) is 0 Å². The highest BCUT2D eigenvalue weighted by atomic mass is 19.4. The summed E-state index contributed by atoms with van der Waals surface area (Å²) < 4.78 is 44.1. The maximum absolute atomic E-state index is 13.8. The second kappa shape index (κ2) is 8.28. The lowest BCUT2D eigenvalue weighted by molar-refractivity contribution is -0.141. The molecule has 5 rings (SSSR count). The van der Waals surface area contributed by atoms with E-state index < -0.39 is 11.9 Å². The van der Waals surface area contributed by atoms with Crippen LogP contribution in [0.15, 0.2) is 42.9 Å². The first-order chi connectivity index (χ1) is 15.9. The monoisotopic (exact) mass is 456 g/mol. The quantitative estimate of drug-likeness (QED) is 0.558. The Kier molecular flexibility index (Phi) is 5.42. The Balaban J connectivity index is 1.41. The van der Waals surface area contributed by atoms with Crippen LogP contribution in [-0.2, 0) is 12.6 Å². The van der Waals surface area contributed by atoms with Gasteiger partial charge in [-0.05, 0) is 56.7 Å². The number of carbonyl (C=O) groups is 1. The highest BCUT2D eigenvalue weighted by Crippen LogP contribution is 2.45. The summed E-state index contributed by atoms with van der Waals surface area (Å²) in [4.78, 5) is 27.7. The summed E-state index contributed by atoms with van der Waals surface area (Å²) in [5.41, 5.74) is 0.601. The van der Waals surface area contributed by atoms with Gasteiger partial charge in [-0.3, -0.25) is 14.8 Å². The van der Waals surface area contributed by atoms with Gasteiger partial charge in [-0.25, -0.2) is 4.98 Å². The number of rotatable bonds is 5. The van der Waals surface area contributed by atoms with E-state index in [2.05, 4.69) is 15.0 Å². The van der Waals surface area contributed by atoms with Gasteiger partial charge in [0.15, 0.2) is 5.69 Å². The number of pyridine rings is 1. The Labute approximate surface area is 188 Å². The largest absolute Gasteiger partial charge is 0.493 e. The van der Waals surface area contributed by atoms with Crippen molar-refractivity contribution < 1.29 is 22.7 Å². The molecule has 0 spiro atoms. The van der Waals surface area contributed by atoms with Gasteiger partial charge in [0.05, 0.1) is 24.0 Å². The van der Waals surface area contributed by atoms with E-state index in [1.807, 2.05) is 36.1 Å². The Morgan fingerprint density at radius 2 is 2.00 bits per heavy atom. The van der Waals surface area contributed by atoms with Crippen LogP contribution in [0.1, 0.15) is 47.9 Å². The van der Waals surface area contributed by atoms with Crippen molar-refractivity contribution >= 4 is 16.8 Å². The smallest absolute Gasteiger partial charge is 0.434 e. The van der Waals surface area contributed by atoms with Crippen LogP contribution in [0.25, 0.3) is 10.9 Å². The maximum Gasteiger partial charge on any atom is 0.434 e. The van der Waals surface area contributed by atoms with Crippen molar-refractivity contribution in [1.29, 1.82) is 0 Å². The van der Waals surface area contributed by atoms with Crippen LogP contribution >= 0.6 is 0 Å². The highest BCUT2D eigenvalue weighted by molar-refractivity contribution is 6.08. The molecule has 2 saturated heterocycles. The van der Waals surface area contributed by atoms with Gasteiger partial charge in [0.25, 0.3) is 5.91 Å².